The number of nitrogens with zero attached hydrogens (tertiary/aromatic N) is 1. The van der Waals surface area contributed by atoms with Gasteiger partial charge in [-0.1, -0.05) is 33.1 Å². The van der Waals surface area contributed by atoms with E-state index in [1.165, 1.54) is 4.90 Å². The first-order chi connectivity index (χ1) is 7.54. The normalized spacial score (nSPS) is 12.2. The van der Waals surface area contributed by atoms with Gasteiger partial charge in [0.2, 0.25) is 5.91 Å². The first-order valence-electron chi connectivity index (χ1n) is 6.03. The van der Waals surface area contributed by atoms with E-state index in [1.807, 2.05) is 0 Å². The van der Waals surface area contributed by atoms with Crippen molar-refractivity contribution in [3.63, 3.8) is 0 Å². The fourth-order valence-corrected chi connectivity index (χ4v) is 1.67. The molecule has 1 atom stereocenters. The van der Waals surface area contributed by atoms with E-state index in [0.29, 0.717) is 12.8 Å². The second kappa shape index (κ2) is 8.13. The van der Waals surface area contributed by atoms with Crippen molar-refractivity contribution in [2.45, 2.75) is 58.4 Å². The third-order valence-electron chi connectivity index (χ3n) is 2.78. The van der Waals surface area contributed by atoms with Crippen LogP contribution >= 0.6 is 0 Å². The van der Waals surface area contributed by atoms with Crippen LogP contribution in [0, 0.1) is 0 Å². The molecule has 0 saturated carbocycles. The number of unbranched alkanes of at least 4 members (excludes halogenated alkanes) is 3. The summed E-state index contributed by atoms with van der Waals surface area (Å²) in [7, 11) is 1.57. The van der Waals surface area contributed by atoms with Crippen molar-refractivity contribution in [2.75, 3.05) is 7.05 Å². The van der Waals surface area contributed by atoms with E-state index in [2.05, 4.69) is 6.92 Å². The minimum atomic E-state index is -0.924. The van der Waals surface area contributed by atoms with Gasteiger partial charge < -0.3 is 10.0 Å². The number of hydrogen-bond donors (Lipinski definition) is 1. The van der Waals surface area contributed by atoms with E-state index in [1.54, 1.807) is 14.0 Å². The van der Waals surface area contributed by atoms with E-state index < -0.39 is 12.0 Å². The molecular formula is C12H23NO3. The highest BCUT2D eigenvalue weighted by Gasteiger charge is 2.23. The van der Waals surface area contributed by atoms with Crippen LogP contribution in [0.1, 0.15) is 52.4 Å². The van der Waals surface area contributed by atoms with Crippen LogP contribution in [0.15, 0.2) is 0 Å². The monoisotopic (exact) mass is 229 g/mol. The lowest BCUT2D eigenvalue weighted by molar-refractivity contribution is -0.149. The number of carbonyl (C=O) groups is 2. The van der Waals surface area contributed by atoms with Gasteiger partial charge in [-0.3, -0.25) is 4.79 Å². The van der Waals surface area contributed by atoms with Crippen molar-refractivity contribution in [3.8, 4) is 0 Å². The molecule has 16 heavy (non-hydrogen) atoms. The summed E-state index contributed by atoms with van der Waals surface area (Å²) in [4.78, 5) is 23.9. The molecular weight excluding hydrogens is 206 g/mol. The summed E-state index contributed by atoms with van der Waals surface area (Å²) in [5.74, 6) is -0.989. The first-order valence-corrected chi connectivity index (χ1v) is 6.03. The fraction of sp³-hybridized carbons (Fsp3) is 0.833. The molecule has 0 saturated heterocycles. The molecule has 0 rings (SSSR count). The number of carboxylic acid groups (broad SMARTS) is 1. The third kappa shape index (κ3) is 5.14. The minimum absolute atomic E-state index is 0.0645. The summed E-state index contributed by atoms with van der Waals surface area (Å²) in [6.45, 7) is 3.89. The summed E-state index contributed by atoms with van der Waals surface area (Å²) in [5, 5.41) is 8.91. The van der Waals surface area contributed by atoms with Gasteiger partial charge in [-0.2, -0.15) is 0 Å². The molecule has 0 aliphatic carbocycles. The van der Waals surface area contributed by atoms with Crippen LogP contribution in [0.3, 0.4) is 0 Å². The van der Waals surface area contributed by atoms with E-state index in [0.717, 1.165) is 25.7 Å². The van der Waals surface area contributed by atoms with E-state index in [9.17, 15) is 9.59 Å². The summed E-state index contributed by atoms with van der Waals surface area (Å²) in [6, 6.07) is -0.682. The zero-order chi connectivity index (χ0) is 12.6. The van der Waals surface area contributed by atoms with Gasteiger partial charge in [0, 0.05) is 13.5 Å². The number of likely N-dealkylation sites (N-methyl/N-ethyl adjacent to an activating group) is 1. The molecule has 0 aromatic rings. The second-order valence-electron chi connectivity index (χ2n) is 4.08. The molecule has 1 N–H and O–H groups in total. The van der Waals surface area contributed by atoms with Gasteiger partial charge in [0.15, 0.2) is 0 Å². The molecule has 1 amide bonds. The van der Waals surface area contributed by atoms with Crippen LogP contribution in [0.5, 0.6) is 0 Å². The Morgan fingerprint density at radius 1 is 1.19 bits per heavy atom. The summed E-state index contributed by atoms with van der Waals surface area (Å²) in [6.07, 6.45) is 5.07. The molecule has 0 spiro atoms. The van der Waals surface area contributed by atoms with Gasteiger partial charge in [-0.25, -0.2) is 4.79 Å². The number of carbonyl (C=O) groups excluding carboxylic acids is 1. The molecule has 0 aromatic heterocycles. The van der Waals surface area contributed by atoms with Gasteiger partial charge in [0.1, 0.15) is 6.04 Å². The lowest BCUT2D eigenvalue weighted by Gasteiger charge is -2.23. The minimum Gasteiger partial charge on any atom is -0.480 e. The Morgan fingerprint density at radius 3 is 2.25 bits per heavy atom. The molecule has 0 radical (unpaired) electrons. The van der Waals surface area contributed by atoms with Crippen molar-refractivity contribution in [1.82, 2.24) is 4.90 Å². The maximum Gasteiger partial charge on any atom is 0.326 e. The second-order valence-corrected chi connectivity index (χ2v) is 4.08. The quantitative estimate of drug-likeness (QED) is 0.650. The molecule has 94 valence electrons. The molecule has 0 aliphatic heterocycles. The third-order valence-corrected chi connectivity index (χ3v) is 2.78. The zero-order valence-corrected chi connectivity index (χ0v) is 10.5. The highest BCUT2D eigenvalue weighted by atomic mass is 16.4. The van der Waals surface area contributed by atoms with Gasteiger partial charge in [-0.05, 0) is 12.8 Å². The maximum absolute atomic E-state index is 11.7. The van der Waals surface area contributed by atoms with Crippen molar-refractivity contribution >= 4 is 11.9 Å². The van der Waals surface area contributed by atoms with Gasteiger partial charge in [-0.15, -0.1) is 0 Å². The van der Waals surface area contributed by atoms with Crippen LogP contribution < -0.4 is 0 Å². The predicted molar refractivity (Wildman–Crippen MR) is 63.2 cm³/mol. The number of hydrogen-bond acceptors (Lipinski definition) is 2. The Kier molecular flexibility index (Phi) is 7.60. The Hall–Kier alpha value is -1.06. The Bertz CT molecular complexity index is 228. The summed E-state index contributed by atoms with van der Waals surface area (Å²) >= 11 is 0. The molecule has 1 unspecified atom stereocenters. The molecule has 4 nitrogen and oxygen atoms in total. The number of carboxylic acids is 1. The van der Waals surface area contributed by atoms with E-state index >= 15 is 0 Å². The van der Waals surface area contributed by atoms with E-state index in [-0.39, 0.29) is 5.91 Å². The van der Waals surface area contributed by atoms with Gasteiger partial charge in [0.05, 0.1) is 0 Å². The molecule has 0 aliphatic rings. The molecule has 0 fully saturated rings. The number of rotatable bonds is 8. The zero-order valence-electron chi connectivity index (χ0n) is 10.5. The van der Waals surface area contributed by atoms with Crippen molar-refractivity contribution in [2.24, 2.45) is 0 Å². The average molecular weight is 229 g/mol. The highest BCUT2D eigenvalue weighted by molar-refractivity contribution is 5.83. The van der Waals surface area contributed by atoms with Gasteiger partial charge in [0.25, 0.3) is 0 Å². The summed E-state index contributed by atoms with van der Waals surface area (Å²) in [5.41, 5.74) is 0. The van der Waals surface area contributed by atoms with E-state index in [4.69, 9.17) is 5.11 Å². The van der Waals surface area contributed by atoms with Crippen molar-refractivity contribution in [3.05, 3.63) is 0 Å². The van der Waals surface area contributed by atoms with Crippen LogP contribution in [-0.2, 0) is 9.59 Å². The lowest BCUT2D eigenvalue weighted by atomic mass is 10.1. The first kappa shape index (κ1) is 14.9. The smallest absolute Gasteiger partial charge is 0.326 e. The van der Waals surface area contributed by atoms with Crippen molar-refractivity contribution in [1.29, 1.82) is 0 Å². The molecule has 0 heterocycles. The molecule has 4 heteroatoms. The lowest BCUT2D eigenvalue weighted by Crippen LogP contribution is -2.41. The van der Waals surface area contributed by atoms with Crippen molar-refractivity contribution < 1.29 is 14.7 Å². The van der Waals surface area contributed by atoms with Gasteiger partial charge >= 0.3 is 5.97 Å². The maximum atomic E-state index is 11.7. The molecule has 0 bridgehead atoms. The standard InChI is InChI=1S/C12H23NO3/c1-4-6-7-8-9-11(14)13(3)10(5-2)12(15)16/h10H,4-9H2,1-3H3,(H,15,16). The van der Waals surface area contributed by atoms with Crippen LogP contribution in [0.25, 0.3) is 0 Å². The van der Waals surface area contributed by atoms with Crippen LogP contribution in [-0.4, -0.2) is 35.0 Å². The Labute approximate surface area is 97.6 Å². The van der Waals surface area contributed by atoms with Crippen LogP contribution in [0.2, 0.25) is 0 Å². The Morgan fingerprint density at radius 2 is 1.81 bits per heavy atom. The fourth-order valence-electron chi connectivity index (χ4n) is 1.67. The summed E-state index contributed by atoms with van der Waals surface area (Å²) < 4.78 is 0. The molecule has 0 aromatic carbocycles. The number of aliphatic carboxylic acids is 1. The van der Waals surface area contributed by atoms with Crippen LogP contribution in [0.4, 0.5) is 0 Å². The number of amides is 1. The Balaban J connectivity index is 4.01. The highest BCUT2D eigenvalue weighted by Crippen LogP contribution is 2.08. The SMILES string of the molecule is CCCCCCC(=O)N(C)C(CC)C(=O)O. The average Bonchev–Trinajstić information content (AvgIpc) is 2.24. The largest absolute Gasteiger partial charge is 0.480 e. The topological polar surface area (TPSA) is 57.6 Å². The predicted octanol–water partition coefficient (Wildman–Crippen LogP) is 2.28.